The molecule has 15 heavy (non-hydrogen) atoms. The summed E-state index contributed by atoms with van der Waals surface area (Å²) < 4.78 is 0. The molecule has 0 amide bonds. The van der Waals surface area contributed by atoms with E-state index < -0.39 is 11.5 Å². The Balaban J connectivity index is 3.04. The van der Waals surface area contributed by atoms with Gasteiger partial charge in [-0.3, -0.25) is 0 Å². The van der Waals surface area contributed by atoms with E-state index >= 15 is 0 Å². The third-order valence-corrected chi connectivity index (χ3v) is 3.33. The monoisotopic (exact) mass is 228 g/mol. The Kier molecular flexibility index (Phi) is 3.34. The number of thiazole rings is 1. The van der Waals surface area contributed by atoms with Crippen LogP contribution < -0.4 is 4.90 Å². The molecule has 1 N–H and O–H groups in total. The van der Waals surface area contributed by atoms with Crippen LogP contribution in [-0.4, -0.2) is 28.1 Å². The molecule has 0 aliphatic rings. The van der Waals surface area contributed by atoms with Crippen LogP contribution in [0.1, 0.15) is 26.5 Å². The maximum atomic E-state index is 11.1. The van der Waals surface area contributed by atoms with Crippen molar-refractivity contribution in [3.63, 3.8) is 0 Å². The minimum absolute atomic E-state index is 0.631. The van der Waals surface area contributed by atoms with Gasteiger partial charge in [-0.25, -0.2) is 9.78 Å². The fourth-order valence-corrected chi connectivity index (χ4v) is 2.36. The van der Waals surface area contributed by atoms with E-state index in [-0.39, 0.29) is 0 Å². The molecule has 0 aliphatic heterocycles. The summed E-state index contributed by atoms with van der Waals surface area (Å²) in [6, 6.07) is 0. The number of hydrogen-bond donors (Lipinski definition) is 1. The Morgan fingerprint density at radius 2 is 2.27 bits per heavy atom. The number of carboxylic acid groups (broad SMARTS) is 1. The van der Waals surface area contributed by atoms with E-state index in [4.69, 9.17) is 5.11 Å². The number of anilines is 1. The van der Waals surface area contributed by atoms with Crippen LogP contribution in [0.3, 0.4) is 0 Å². The van der Waals surface area contributed by atoms with Gasteiger partial charge in [-0.05, 0) is 27.7 Å². The summed E-state index contributed by atoms with van der Waals surface area (Å²) in [5.74, 6) is -0.836. The van der Waals surface area contributed by atoms with Gasteiger partial charge in [0.1, 0.15) is 5.54 Å². The van der Waals surface area contributed by atoms with Crippen molar-refractivity contribution in [1.29, 1.82) is 0 Å². The van der Waals surface area contributed by atoms with Crippen molar-refractivity contribution in [2.24, 2.45) is 0 Å². The fraction of sp³-hybridized carbons (Fsp3) is 0.600. The van der Waals surface area contributed by atoms with Gasteiger partial charge < -0.3 is 10.0 Å². The van der Waals surface area contributed by atoms with Crippen LogP contribution in [0.5, 0.6) is 0 Å². The molecule has 0 aliphatic carbocycles. The number of rotatable bonds is 4. The third kappa shape index (κ3) is 2.28. The second-order valence-corrected chi connectivity index (χ2v) is 4.72. The predicted octanol–water partition coefficient (Wildman–Crippen LogP) is 2.14. The largest absolute Gasteiger partial charge is 0.480 e. The van der Waals surface area contributed by atoms with Gasteiger partial charge in [0.2, 0.25) is 0 Å². The molecule has 1 aromatic rings. The standard InChI is InChI=1S/C10H16N2O2S/c1-5-12(10(3,4)8(13)14)9-11-7(2)6-15-9/h6H,5H2,1-4H3,(H,13,14). The minimum Gasteiger partial charge on any atom is -0.480 e. The molecule has 0 bridgehead atoms. The van der Waals surface area contributed by atoms with Crippen molar-refractivity contribution < 1.29 is 9.90 Å². The van der Waals surface area contributed by atoms with E-state index in [1.807, 2.05) is 19.2 Å². The highest BCUT2D eigenvalue weighted by molar-refractivity contribution is 7.13. The van der Waals surface area contributed by atoms with Crippen molar-refractivity contribution in [3.8, 4) is 0 Å². The summed E-state index contributed by atoms with van der Waals surface area (Å²) >= 11 is 1.48. The van der Waals surface area contributed by atoms with Gasteiger partial charge in [-0.2, -0.15) is 0 Å². The maximum Gasteiger partial charge on any atom is 0.329 e. The number of hydrogen-bond acceptors (Lipinski definition) is 4. The quantitative estimate of drug-likeness (QED) is 0.857. The van der Waals surface area contributed by atoms with E-state index in [1.54, 1.807) is 18.7 Å². The van der Waals surface area contributed by atoms with Crippen LogP contribution in [0.2, 0.25) is 0 Å². The minimum atomic E-state index is -0.918. The topological polar surface area (TPSA) is 53.4 Å². The first-order valence-corrected chi connectivity index (χ1v) is 5.70. The van der Waals surface area contributed by atoms with Crippen molar-refractivity contribution in [1.82, 2.24) is 4.98 Å². The average Bonchev–Trinajstić information content (AvgIpc) is 2.52. The molecule has 1 heterocycles. The molecule has 0 saturated heterocycles. The maximum absolute atomic E-state index is 11.1. The van der Waals surface area contributed by atoms with Gasteiger partial charge in [-0.15, -0.1) is 11.3 Å². The second-order valence-electron chi connectivity index (χ2n) is 3.88. The van der Waals surface area contributed by atoms with Crippen molar-refractivity contribution >= 4 is 22.4 Å². The first-order chi connectivity index (χ1) is 6.89. The summed E-state index contributed by atoms with van der Waals surface area (Å²) in [7, 11) is 0. The average molecular weight is 228 g/mol. The highest BCUT2D eigenvalue weighted by atomic mass is 32.1. The number of aliphatic carboxylic acids is 1. The Morgan fingerprint density at radius 3 is 2.60 bits per heavy atom. The van der Waals surface area contributed by atoms with E-state index in [1.165, 1.54) is 11.3 Å². The number of aromatic nitrogens is 1. The molecule has 0 atom stereocenters. The van der Waals surface area contributed by atoms with Gasteiger partial charge in [0.25, 0.3) is 0 Å². The number of likely N-dealkylation sites (N-methyl/N-ethyl adjacent to an activating group) is 1. The van der Waals surface area contributed by atoms with Crippen molar-refractivity contribution in [2.45, 2.75) is 33.2 Å². The molecule has 4 nitrogen and oxygen atoms in total. The summed E-state index contributed by atoms with van der Waals surface area (Å²) in [4.78, 5) is 17.2. The van der Waals surface area contributed by atoms with Crippen LogP contribution in [0.4, 0.5) is 5.13 Å². The molecule has 0 aromatic carbocycles. The van der Waals surface area contributed by atoms with Crippen LogP contribution in [0.25, 0.3) is 0 Å². The molecule has 0 saturated carbocycles. The zero-order valence-corrected chi connectivity index (χ0v) is 10.3. The Hall–Kier alpha value is -1.10. The van der Waals surface area contributed by atoms with Gasteiger partial charge in [0, 0.05) is 11.9 Å². The zero-order valence-electron chi connectivity index (χ0n) is 9.44. The highest BCUT2D eigenvalue weighted by Gasteiger charge is 2.35. The molecule has 1 aromatic heterocycles. The normalized spacial score (nSPS) is 11.5. The number of carbonyl (C=O) groups is 1. The number of aryl methyl sites for hydroxylation is 1. The molecule has 84 valence electrons. The van der Waals surface area contributed by atoms with E-state index in [2.05, 4.69) is 4.98 Å². The van der Waals surface area contributed by atoms with Crippen LogP contribution in [0.15, 0.2) is 5.38 Å². The van der Waals surface area contributed by atoms with Gasteiger partial charge in [0.05, 0.1) is 5.69 Å². The van der Waals surface area contributed by atoms with Gasteiger partial charge >= 0.3 is 5.97 Å². The number of carboxylic acids is 1. The Labute approximate surface area is 93.6 Å². The van der Waals surface area contributed by atoms with E-state index in [9.17, 15) is 4.79 Å². The third-order valence-electron chi connectivity index (χ3n) is 2.35. The molecule has 0 fully saturated rings. The molecular formula is C10H16N2O2S. The highest BCUT2D eigenvalue weighted by Crippen LogP contribution is 2.27. The summed E-state index contributed by atoms with van der Waals surface area (Å²) in [5, 5.41) is 11.8. The Bertz CT molecular complexity index is 360. The van der Waals surface area contributed by atoms with Crippen molar-refractivity contribution in [2.75, 3.05) is 11.4 Å². The molecule has 1 rings (SSSR count). The molecule has 0 spiro atoms. The van der Waals surface area contributed by atoms with Crippen LogP contribution in [-0.2, 0) is 4.79 Å². The SMILES string of the molecule is CCN(c1nc(C)cs1)C(C)(C)C(=O)O. The lowest BCUT2D eigenvalue weighted by Gasteiger charge is -2.33. The molecule has 0 radical (unpaired) electrons. The van der Waals surface area contributed by atoms with E-state index in [0.717, 1.165) is 10.8 Å². The lowest BCUT2D eigenvalue weighted by atomic mass is 10.0. The lowest BCUT2D eigenvalue weighted by molar-refractivity contribution is -0.142. The molecular weight excluding hydrogens is 212 g/mol. The molecule has 0 unspecified atom stereocenters. The summed E-state index contributed by atoms with van der Waals surface area (Å²) in [5.41, 5.74) is 0.00798. The lowest BCUT2D eigenvalue weighted by Crippen LogP contribution is -2.50. The Morgan fingerprint density at radius 1 is 1.67 bits per heavy atom. The van der Waals surface area contributed by atoms with Crippen molar-refractivity contribution in [3.05, 3.63) is 11.1 Å². The smallest absolute Gasteiger partial charge is 0.329 e. The van der Waals surface area contributed by atoms with E-state index in [0.29, 0.717) is 6.54 Å². The summed E-state index contributed by atoms with van der Waals surface area (Å²) in [6.07, 6.45) is 0. The second kappa shape index (κ2) is 4.18. The van der Waals surface area contributed by atoms with Crippen LogP contribution in [0, 0.1) is 6.92 Å². The van der Waals surface area contributed by atoms with Gasteiger partial charge in [-0.1, -0.05) is 0 Å². The molecule has 5 heteroatoms. The predicted molar refractivity (Wildman–Crippen MR) is 61.6 cm³/mol. The zero-order chi connectivity index (χ0) is 11.6. The van der Waals surface area contributed by atoms with Crippen LogP contribution >= 0.6 is 11.3 Å². The van der Waals surface area contributed by atoms with Gasteiger partial charge in [0.15, 0.2) is 5.13 Å². The first-order valence-electron chi connectivity index (χ1n) is 4.82. The summed E-state index contributed by atoms with van der Waals surface area (Å²) in [6.45, 7) is 7.85. The first kappa shape index (κ1) is 12.0. The number of nitrogens with zero attached hydrogens (tertiary/aromatic N) is 2. The fourth-order valence-electron chi connectivity index (χ4n) is 1.35.